The van der Waals surface area contributed by atoms with Gasteiger partial charge in [0.1, 0.15) is 5.92 Å². The van der Waals surface area contributed by atoms with Crippen molar-refractivity contribution in [2.24, 2.45) is 5.92 Å². The third-order valence-corrected chi connectivity index (χ3v) is 4.81. The summed E-state index contributed by atoms with van der Waals surface area (Å²) < 4.78 is 27.3. The zero-order valence-corrected chi connectivity index (χ0v) is 15.1. The van der Waals surface area contributed by atoms with Crippen molar-refractivity contribution in [3.63, 3.8) is 0 Å². The molecule has 2 aromatic carbocycles. The molecule has 140 valence electrons. The van der Waals surface area contributed by atoms with Crippen molar-refractivity contribution < 1.29 is 18.4 Å². The summed E-state index contributed by atoms with van der Waals surface area (Å²) >= 11 is 0. The largest absolute Gasteiger partial charge is 0.344 e. The molecular formula is C21H20F2N2O2. The van der Waals surface area contributed by atoms with E-state index in [9.17, 15) is 18.4 Å². The van der Waals surface area contributed by atoms with E-state index in [2.05, 4.69) is 11.9 Å². The number of likely N-dealkylation sites (tertiary alicyclic amines) is 1. The molecule has 0 saturated carbocycles. The van der Waals surface area contributed by atoms with E-state index in [-0.39, 0.29) is 11.6 Å². The van der Waals surface area contributed by atoms with Crippen molar-refractivity contribution in [3.05, 3.63) is 71.8 Å². The second-order valence-corrected chi connectivity index (χ2v) is 6.80. The summed E-state index contributed by atoms with van der Waals surface area (Å²) in [7, 11) is 1.62. The number of carbonyl (C=O) groups is 2. The highest BCUT2D eigenvalue weighted by atomic mass is 19.2. The third-order valence-electron chi connectivity index (χ3n) is 4.81. The molecule has 1 saturated heterocycles. The van der Waals surface area contributed by atoms with Crippen LogP contribution in [-0.4, -0.2) is 30.3 Å². The van der Waals surface area contributed by atoms with Gasteiger partial charge in [-0.3, -0.25) is 9.59 Å². The molecule has 1 N–H and O–H groups in total. The number of benzene rings is 2. The molecule has 2 aromatic rings. The van der Waals surface area contributed by atoms with E-state index in [1.165, 1.54) is 17.0 Å². The third kappa shape index (κ3) is 3.60. The Morgan fingerprint density at radius 1 is 1.22 bits per heavy atom. The molecule has 1 aliphatic heterocycles. The lowest BCUT2D eigenvalue weighted by Crippen LogP contribution is -2.33. The molecule has 2 atom stereocenters. The zero-order valence-electron chi connectivity index (χ0n) is 15.1. The van der Waals surface area contributed by atoms with Gasteiger partial charge in [-0.15, -0.1) is 0 Å². The first-order valence-corrected chi connectivity index (χ1v) is 8.55. The van der Waals surface area contributed by atoms with Crippen molar-refractivity contribution in [3.8, 4) is 0 Å². The molecule has 0 spiro atoms. The van der Waals surface area contributed by atoms with Crippen LogP contribution < -0.4 is 5.32 Å². The Hall–Kier alpha value is -3.02. The molecule has 3 rings (SSSR count). The quantitative estimate of drug-likeness (QED) is 0.832. The van der Waals surface area contributed by atoms with E-state index in [0.29, 0.717) is 6.54 Å². The number of rotatable bonds is 4. The van der Waals surface area contributed by atoms with Gasteiger partial charge in [0, 0.05) is 19.5 Å². The fraction of sp³-hybridized carbons (Fsp3) is 0.238. The predicted molar refractivity (Wildman–Crippen MR) is 100 cm³/mol. The summed E-state index contributed by atoms with van der Waals surface area (Å²) in [6.45, 7) is 6.16. The average Bonchev–Trinajstić information content (AvgIpc) is 2.94. The molecule has 0 radical (unpaired) electrons. The SMILES string of the molecule is C=C(C)c1cccc([C@H]2CN(C)C(=O)[C@@H]2C(=O)Nc2cccc(F)c2F)c1. The van der Waals surface area contributed by atoms with E-state index >= 15 is 0 Å². The summed E-state index contributed by atoms with van der Waals surface area (Å²) in [6, 6.07) is 11.0. The normalized spacial score (nSPS) is 19.3. The van der Waals surface area contributed by atoms with Crippen LogP contribution in [0, 0.1) is 17.6 Å². The van der Waals surface area contributed by atoms with Gasteiger partial charge in [0.25, 0.3) is 0 Å². The minimum atomic E-state index is -1.15. The summed E-state index contributed by atoms with van der Waals surface area (Å²) in [5, 5.41) is 2.36. The van der Waals surface area contributed by atoms with Crippen LogP contribution in [-0.2, 0) is 9.59 Å². The maximum atomic E-state index is 13.9. The fourth-order valence-electron chi connectivity index (χ4n) is 3.34. The van der Waals surface area contributed by atoms with Gasteiger partial charge in [-0.25, -0.2) is 8.78 Å². The molecule has 0 aliphatic carbocycles. The van der Waals surface area contributed by atoms with Crippen LogP contribution in [0.4, 0.5) is 14.5 Å². The zero-order chi connectivity index (χ0) is 19.7. The van der Waals surface area contributed by atoms with Crippen LogP contribution in [0.1, 0.15) is 24.0 Å². The monoisotopic (exact) mass is 370 g/mol. The minimum Gasteiger partial charge on any atom is -0.344 e. The molecule has 27 heavy (non-hydrogen) atoms. The second-order valence-electron chi connectivity index (χ2n) is 6.80. The maximum absolute atomic E-state index is 13.9. The Morgan fingerprint density at radius 3 is 2.63 bits per heavy atom. The van der Waals surface area contributed by atoms with E-state index in [1.807, 2.05) is 31.2 Å². The second kappa shape index (κ2) is 7.31. The Morgan fingerprint density at radius 2 is 1.93 bits per heavy atom. The lowest BCUT2D eigenvalue weighted by Gasteiger charge is -2.18. The van der Waals surface area contributed by atoms with Gasteiger partial charge in [0.15, 0.2) is 11.6 Å². The lowest BCUT2D eigenvalue weighted by molar-refractivity contribution is -0.135. The molecule has 4 nitrogen and oxygen atoms in total. The van der Waals surface area contributed by atoms with Gasteiger partial charge in [-0.1, -0.05) is 42.5 Å². The average molecular weight is 370 g/mol. The van der Waals surface area contributed by atoms with Gasteiger partial charge < -0.3 is 10.2 Å². The number of hydrogen-bond donors (Lipinski definition) is 1. The van der Waals surface area contributed by atoms with Crippen molar-refractivity contribution in [2.75, 3.05) is 18.9 Å². The lowest BCUT2D eigenvalue weighted by atomic mass is 9.86. The van der Waals surface area contributed by atoms with Crippen LogP contribution in [0.25, 0.3) is 5.57 Å². The van der Waals surface area contributed by atoms with Gasteiger partial charge in [-0.2, -0.15) is 0 Å². The first kappa shape index (κ1) is 18.8. The van der Waals surface area contributed by atoms with Gasteiger partial charge in [0.05, 0.1) is 5.69 Å². The molecule has 1 aliphatic rings. The highest BCUT2D eigenvalue weighted by molar-refractivity contribution is 6.08. The van der Waals surface area contributed by atoms with E-state index in [0.717, 1.165) is 22.8 Å². The maximum Gasteiger partial charge on any atom is 0.237 e. The Labute approximate surface area is 156 Å². The van der Waals surface area contributed by atoms with Crippen molar-refractivity contribution in [2.45, 2.75) is 12.8 Å². The molecular weight excluding hydrogens is 350 g/mol. The van der Waals surface area contributed by atoms with E-state index in [1.54, 1.807) is 7.05 Å². The van der Waals surface area contributed by atoms with Crippen molar-refractivity contribution in [1.82, 2.24) is 4.90 Å². The molecule has 0 bridgehead atoms. The number of nitrogens with zero attached hydrogens (tertiary/aromatic N) is 1. The highest BCUT2D eigenvalue weighted by Crippen LogP contribution is 2.35. The van der Waals surface area contributed by atoms with Crippen molar-refractivity contribution >= 4 is 23.1 Å². The Balaban J connectivity index is 1.92. The molecule has 0 aromatic heterocycles. The van der Waals surface area contributed by atoms with Gasteiger partial charge in [-0.05, 0) is 30.2 Å². The number of nitrogens with one attached hydrogen (secondary N) is 1. The molecule has 0 unspecified atom stereocenters. The van der Waals surface area contributed by atoms with E-state index < -0.39 is 29.4 Å². The fourth-order valence-corrected chi connectivity index (χ4v) is 3.34. The molecule has 1 fully saturated rings. The highest BCUT2D eigenvalue weighted by Gasteiger charge is 2.44. The van der Waals surface area contributed by atoms with Gasteiger partial charge in [0.2, 0.25) is 11.8 Å². The summed E-state index contributed by atoms with van der Waals surface area (Å²) in [5.74, 6) is -4.62. The predicted octanol–water partition coefficient (Wildman–Crippen LogP) is 3.81. The molecule has 6 heteroatoms. The number of allylic oxidation sites excluding steroid dienone is 1. The van der Waals surface area contributed by atoms with Crippen molar-refractivity contribution in [1.29, 1.82) is 0 Å². The number of anilines is 1. The van der Waals surface area contributed by atoms with Crippen LogP contribution in [0.5, 0.6) is 0 Å². The molecule has 2 amide bonds. The first-order chi connectivity index (χ1) is 12.8. The number of hydrogen-bond acceptors (Lipinski definition) is 2. The smallest absolute Gasteiger partial charge is 0.237 e. The standard InChI is InChI=1S/C21H20F2N2O2/c1-12(2)13-6-4-7-14(10-13)15-11-25(3)21(27)18(15)20(26)24-17-9-5-8-16(22)19(17)23/h4-10,15,18H,1,11H2,2-3H3,(H,24,26)/t15-,18+/m1/s1. The Bertz CT molecular complexity index is 926. The summed E-state index contributed by atoms with van der Waals surface area (Å²) in [5.41, 5.74) is 2.34. The Kier molecular flexibility index (Phi) is 5.08. The summed E-state index contributed by atoms with van der Waals surface area (Å²) in [6.07, 6.45) is 0. The van der Waals surface area contributed by atoms with Crippen LogP contribution in [0.15, 0.2) is 49.0 Å². The number of likely N-dealkylation sites (N-methyl/N-ethyl adjacent to an activating group) is 1. The number of amides is 2. The van der Waals surface area contributed by atoms with E-state index in [4.69, 9.17) is 0 Å². The topological polar surface area (TPSA) is 49.4 Å². The van der Waals surface area contributed by atoms with Crippen LogP contribution in [0.2, 0.25) is 0 Å². The summed E-state index contributed by atoms with van der Waals surface area (Å²) in [4.78, 5) is 26.8. The van der Waals surface area contributed by atoms with Gasteiger partial charge >= 0.3 is 0 Å². The molecule has 1 heterocycles. The number of halogens is 2. The minimum absolute atomic E-state index is 0.281. The van der Waals surface area contributed by atoms with Crippen LogP contribution >= 0.6 is 0 Å². The first-order valence-electron chi connectivity index (χ1n) is 8.55. The number of carbonyl (C=O) groups excluding carboxylic acids is 2. The van der Waals surface area contributed by atoms with Crippen LogP contribution in [0.3, 0.4) is 0 Å².